The van der Waals surface area contributed by atoms with Crippen LogP contribution in [-0.4, -0.2) is 66.2 Å². The van der Waals surface area contributed by atoms with Crippen LogP contribution in [-0.2, 0) is 4.79 Å². The maximum absolute atomic E-state index is 12.3. The fraction of sp³-hybridized carbons (Fsp3) is 0.833. The third-order valence-electron chi connectivity index (χ3n) is 3.87. The van der Waals surface area contributed by atoms with Crippen LogP contribution in [0.15, 0.2) is 0 Å². The van der Waals surface area contributed by atoms with Crippen molar-refractivity contribution in [2.24, 2.45) is 5.41 Å². The summed E-state index contributed by atoms with van der Waals surface area (Å²) in [6.07, 6.45) is 1.50. The minimum absolute atomic E-state index is 0.0105. The number of amides is 2. The molecule has 0 aromatic rings. The van der Waals surface area contributed by atoms with Gasteiger partial charge in [-0.2, -0.15) is 0 Å². The molecule has 0 bridgehead atoms. The number of hydrogen-bond donors (Lipinski definition) is 2. The van der Waals surface area contributed by atoms with Crippen LogP contribution in [0.3, 0.4) is 0 Å². The second kappa shape index (κ2) is 5.14. The predicted molar refractivity (Wildman–Crippen MR) is 66.4 cm³/mol. The fourth-order valence-corrected chi connectivity index (χ4v) is 2.54. The van der Waals surface area contributed by atoms with Gasteiger partial charge in [0.25, 0.3) is 0 Å². The summed E-state index contributed by atoms with van der Waals surface area (Å²) in [6.45, 7) is 5.81. The quantitative estimate of drug-likeness (QED) is 0.702. The fourth-order valence-electron chi connectivity index (χ4n) is 2.54. The molecular formula is C12H21N3O3. The molecule has 2 heterocycles. The number of rotatable bonds is 1. The Balaban J connectivity index is 1.96. The third kappa shape index (κ3) is 2.58. The van der Waals surface area contributed by atoms with Crippen molar-refractivity contribution in [3.8, 4) is 0 Å². The van der Waals surface area contributed by atoms with Crippen LogP contribution < -0.4 is 5.32 Å². The molecule has 0 aromatic heterocycles. The molecule has 2 rings (SSSR count). The van der Waals surface area contributed by atoms with E-state index in [2.05, 4.69) is 5.32 Å². The summed E-state index contributed by atoms with van der Waals surface area (Å²) in [5, 5.41) is 12.4. The molecular weight excluding hydrogens is 234 g/mol. The van der Waals surface area contributed by atoms with E-state index in [1.807, 2.05) is 4.90 Å². The van der Waals surface area contributed by atoms with E-state index in [0.29, 0.717) is 26.1 Å². The van der Waals surface area contributed by atoms with E-state index < -0.39 is 11.4 Å². The molecule has 18 heavy (non-hydrogen) atoms. The summed E-state index contributed by atoms with van der Waals surface area (Å²) in [5.41, 5.74) is -0.778. The van der Waals surface area contributed by atoms with Crippen molar-refractivity contribution in [3.05, 3.63) is 0 Å². The van der Waals surface area contributed by atoms with Gasteiger partial charge in [-0.15, -0.1) is 0 Å². The number of hydrogen-bond acceptors (Lipinski definition) is 3. The number of nitrogens with zero attached hydrogens (tertiary/aromatic N) is 2. The Hall–Kier alpha value is -1.30. The van der Waals surface area contributed by atoms with E-state index in [1.54, 1.807) is 11.8 Å². The SMILES string of the molecule is CC1(C(=O)O)CCN(C(=O)N2CCCNCC2)C1. The third-order valence-corrected chi connectivity index (χ3v) is 3.87. The van der Waals surface area contributed by atoms with Crippen molar-refractivity contribution in [2.75, 3.05) is 39.3 Å². The molecule has 6 nitrogen and oxygen atoms in total. The zero-order chi connectivity index (χ0) is 13.2. The molecule has 0 aromatic carbocycles. The molecule has 0 radical (unpaired) electrons. The van der Waals surface area contributed by atoms with Gasteiger partial charge in [0.05, 0.1) is 5.41 Å². The van der Waals surface area contributed by atoms with Gasteiger partial charge in [-0.25, -0.2) is 4.79 Å². The molecule has 1 atom stereocenters. The van der Waals surface area contributed by atoms with Gasteiger partial charge in [0.15, 0.2) is 0 Å². The topological polar surface area (TPSA) is 72.9 Å². The highest BCUT2D eigenvalue weighted by Gasteiger charge is 2.43. The number of carboxylic acid groups (broad SMARTS) is 1. The van der Waals surface area contributed by atoms with E-state index in [-0.39, 0.29) is 6.03 Å². The molecule has 2 amide bonds. The molecule has 2 saturated heterocycles. The van der Waals surface area contributed by atoms with Crippen molar-refractivity contribution in [1.29, 1.82) is 0 Å². The Bertz CT molecular complexity index is 339. The van der Waals surface area contributed by atoms with Gasteiger partial charge in [0, 0.05) is 32.7 Å². The van der Waals surface area contributed by atoms with Crippen LogP contribution in [0.5, 0.6) is 0 Å². The first kappa shape index (κ1) is 13.1. The van der Waals surface area contributed by atoms with Gasteiger partial charge in [0.2, 0.25) is 0 Å². The highest BCUT2D eigenvalue weighted by molar-refractivity contribution is 5.79. The van der Waals surface area contributed by atoms with E-state index in [0.717, 1.165) is 26.1 Å². The number of carboxylic acids is 1. The summed E-state index contributed by atoms with van der Waals surface area (Å²) in [5.74, 6) is -0.810. The Kier molecular flexibility index (Phi) is 3.75. The van der Waals surface area contributed by atoms with Crippen molar-refractivity contribution in [3.63, 3.8) is 0 Å². The zero-order valence-electron chi connectivity index (χ0n) is 10.8. The lowest BCUT2D eigenvalue weighted by Gasteiger charge is -2.27. The number of likely N-dealkylation sites (tertiary alicyclic amines) is 1. The Morgan fingerprint density at radius 2 is 1.94 bits per heavy atom. The van der Waals surface area contributed by atoms with Crippen LogP contribution in [0.2, 0.25) is 0 Å². The second-order valence-electron chi connectivity index (χ2n) is 5.41. The molecule has 2 aliphatic heterocycles. The van der Waals surface area contributed by atoms with Gasteiger partial charge in [-0.05, 0) is 26.3 Å². The molecule has 2 fully saturated rings. The van der Waals surface area contributed by atoms with Crippen LogP contribution in [0.1, 0.15) is 19.8 Å². The van der Waals surface area contributed by atoms with Crippen molar-refractivity contribution < 1.29 is 14.7 Å². The first-order valence-electron chi connectivity index (χ1n) is 6.51. The first-order chi connectivity index (χ1) is 8.53. The molecule has 0 spiro atoms. The summed E-state index contributed by atoms with van der Waals surface area (Å²) >= 11 is 0. The lowest BCUT2D eigenvalue weighted by molar-refractivity contribution is -0.147. The predicted octanol–water partition coefficient (Wildman–Crippen LogP) is 0.198. The summed E-state index contributed by atoms with van der Waals surface area (Å²) < 4.78 is 0. The Morgan fingerprint density at radius 3 is 2.61 bits per heavy atom. The zero-order valence-corrected chi connectivity index (χ0v) is 10.8. The summed E-state index contributed by atoms with van der Waals surface area (Å²) in [7, 11) is 0. The lowest BCUT2D eigenvalue weighted by Crippen LogP contribution is -2.44. The number of carbonyl (C=O) groups is 2. The van der Waals surface area contributed by atoms with Gasteiger partial charge < -0.3 is 20.2 Å². The monoisotopic (exact) mass is 255 g/mol. The minimum Gasteiger partial charge on any atom is -0.481 e. The summed E-state index contributed by atoms with van der Waals surface area (Å²) in [4.78, 5) is 27.0. The molecule has 2 N–H and O–H groups in total. The highest BCUT2D eigenvalue weighted by atomic mass is 16.4. The average molecular weight is 255 g/mol. The van der Waals surface area contributed by atoms with E-state index in [1.165, 1.54) is 0 Å². The average Bonchev–Trinajstić information content (AvgIpc) is 2.59. The van der Waals surface area contributed by atoms with Crippen LogP contribution in [0, 0.1) is 5.41 Å². The highest BCUT2D eigenvalue weighted by Crippen LogP contribution is 2.30. The second-order valence-corrected chi connectivity index (χ2v) is 5.41. The molecule has 0 aliphatic carbocycles. The van der Waals surface area contributed by atoms with E-state index in [9.17, 15) is 9.59 Å². The molecule has 6 heteroatoms. The molecule has 102 valence electrons. The standard InChI is InChI=1S/C12H21N3O3/c1-12(10(16)17)3-7-15(9-12)11(18)14-6-2-4-13-5-8-14/h13H,2-9H2,1H3,(H,16,17). The van der Waals surface area contributed by atoms with Crippen LogP contribution in [0.25, 0.3) is 0 Å². The lowest BCUT2D eigenvalue weighted by atomic mass is 9.90. The van der Waals surface area contributed by atoms with Gasteiger partial charge >= 0.3 is 12.0 Å². The molecule has 2 aliphatic rings. The minimum atomic E-state index is -0.810. The van der Waals surface area contributed by atoms with Crippen LogP contribution in [0.4, 0.5) is 4.79 Å². The molecule has 0 saturated carbocycles. The number of nitrogens with one attached hydrogen (secondary N) is 1. The largest absolute Gasteiger partial charge is 0.481 e. The van der Waals surface area contributed by atoms with Crippen LogP contribution >= 0.6 is 0 Å². The van der Waals surface area contributed by atoms with Gasteiger partial charge in [-0.3, -0.25) is 4.79 Å². The normalized spacial score (nSPS) is 29.2. The molecule has 1 unspecified atom stereocenters. The van der Waals surface area contributed by atoms with E-state index in [4.69, 9.17) is 5.11 Å². The van der Waals surface area contributed by atoms with E-state index >= 15 is 0 Å². The number of carbonyl (C=O) groups excluding carboxylic acids is 1. The van der Waals surface area contributed by atoms with Gasteiger partial charge in [0.1, 0.15) is 0 Å². The maximum atomic E-state index is 12.3. The van der Waals surface area contributed by atoms with Gasteiger partial charge in [-0.1, -0.05) is 0 Å². The smallest absolute Gasteiger partial charge is 0.320 e. The Morgan fingerprint density at radius 1 is 1.17 bits per heavy atom. The van der Waals surface area contributed by atoms with Crippen molar-refractivity contribution in [2.45, 2.75) is 19.8 Å². The first-order valence-corrected chi connectivity index (χ1v) is 6.51. The summed E-state index contributed by atoms with van der Waals surface area (Å²) in [6, 6.07) is -0.0105. The Labute approximate surface area is 107 Å². The number of aliphatic carboxylic acids is 1. The number of urea groups is 1. The van der Waals surface area contributed by atoms with Crippen molar-refractivity contribution >= 4 is 12.0 Å². The van der Waals surface area contributed by atoms with Crippen molar-refractivity contribution in [1.82, 2.24) is 15.1 Å². The maximum Gasteiger partial charge on any atom is 0.320 e.